The Morgan fingerprint density at radius 3 is 1.18 bits per heavy atom. The molecule has 0 saturated carbocycles. The fraction of sp³-hybridized carbons (Fsp3) is 0.333. The summed E-state index contributed by atoms with van der Waals surface area (Å²) in [5.74, 6) is 1.73. The van der Waals surface area contributed by atoms with Gasteiger partial charge in [0, 0.05) is 0 Å². The van der Waals surface area contributed by atoms with Crippen molar-refractivity contribution in [2.24, 2.45) is 0 Å². The third kappa shape index (κ3) is 3.59. The molecule has 0 aliphatic rings. The molecule has 0 fully saturated rings. The molecule has 4 nitrogen and oxygen atoms in total. The first kappa shape index (κ1) is 16.3. The second kappa shape index (κ2) is 7.82. The summed E-state index contributed by atoms with van der Waals surface area (Å²) in [5, 5.41) is 6.80. The van der Waals surface area contributed by atoms with E-state index in [0.29, 0.717) is 0 Å². The lowest BCUT2D eigenvalue weighted by Crippen LogP contribution is -2.31. The molecule has 0 aliphatic heterocycles. The maximum Gasteiger partial charge on any atom is 0.118 e. The van der Waals surface area contributed by atoms with Crippen molar-refractivity contribution in [1.82, 2.24) is 10.6 Å². The molecule has 0 amide bonds. The van der Waals surface area contributed by atoms with Gasteiger partial charge in [0.2, 0.25) is 0 Å². The molecule has 22 heavy (non-hydrogen) atoms. The fourth-order valence-corrected chi connectivity index (χ4v) is 2.67. The zero-order chi connectivity index (χ0) is 15.9. The van der Waals surface area contributed by atoms with E-state index in [1.165, 1.54) is 11.1 Å². The van der Waals surface area contributed by atoms with Crippen LogP contribution >= 0.6 is 0 Å². The first-order valence-corrected chi connectivity index (χ1v) is 7.36. The third-order valence-corrected chi connectivity index (χ3v) is 3.91. The highest BCUT2D eigenvalue weighted by Gasteiger charge is 2.22. The van der Waals surface area contributed by atoms with E-state index in [1.807, 2.05) is 38.4 Å². The lowest BCUT2D eigenvalue weighted by atomic mass is 9.93. The van der Waals surface area contributed by atoms with E-state index in [4.69, 9.17) is 9.47 Å². The Balaban J connectivity index is 2.28. The summed E-state index contributed by atoms with van der Waals surface area (Å²) in [5.41, 5.74) is 2.41. The molecule has 4 heteroatoms. The molecule has 2 aromatic rings. The minimum absolute atomic E-state index is 0.157. The molecule has 0 spiro atoms. The highest BCUT2D eigenvalue weighted by atomic mass is 16.5. The second-order valence-corrected chi connectivity index (χ2v) is 5.08. The van der Waals surface area contributed by atoms with Crippen molar-refractivity contribution in [3.63, 3.8) is 0 Å². The standard InChI is InChI=1S/C18H24N2O2/c1-19-17(13-5-9-15(21-3)10-6-13)18(20-2)14-7-11-16(22-4)12-8-14/h5-12,17-20H,1-4H3/t17-,18+. The van der Waals surface area contributed by atoms with Gasteiger partial charge in [-0.1, -0.05) is 24.3 Å². The van der Waals surface area contributed by atoms with Crippen LogP contribution in [0.1, 0.15) is 23.2 Å². The van der Waals surface area contributed by atoms with Gasteiger partial charge in [0.1, 0.15) is 11.5 Å². The Bertz CT molecular complexity index is 513. The summed E-state index contributed by atoms with van der Waals surface area (Å²) < 4.78 is 10.5. The molecular weight excluding hydrogens is 276 g/mol. The number of hydrogen-bond acceptors (Lipinski definition) is 4. The van der Waals surface area contributed by atoms with E-state index in [1.54, 1.807) is 14.2 Å². The molecule has 0 unspecified atom stereocenters. The van der Waals surface area contributed by atoms with Crippen LogP contribution in [0.4, 0.5) is 0 Å². The van der Waals surface area contributed by atoms with Crippen molar-refractivity contribution in [2.75, 3.05) is 28.3 Å². The summed E-state index contributed by atoms with van der Waals surface area (Å²) >= 11 is 0. The Hall–Kier alpha value is -2.04. The smallest absolute Gasteiger partial charge is 0.118 e. The average Bonchev–Trinajstić information content (AvgIpc) is 2.60. The van der Waals surface area contributed by atoms with Gasteiger partial charge >= 0.3 is 0 Å². The third-order valence-electron chi connectivity index (χ3n) is 3.91. The molecule has 0 saturated heterocycles. The van der Waals surface area contributed by atoms with Gasteiger partial charge in [0.25, 0.3) is 0 Å². The van der Waals surface area contributed by atoms with E-state index in [0.717, 1.165) is 11.5 Å². The van der Waals surface area contributed by atoms with Crippen LogP contribution in [0.25, 0.3) is 0 Å². The normalized spacial score (nSPS) is 13.5. The van der Waals surface area contributed by atoms with Gasteiger partial charge < -0.3 is 20.1 Å². The zero-order valence-electron chi connectivity index (χ0n) is 13.6. The number of nitrogens with one attached hydrogen (secondary N) is 2. The van der Waals surface area contributed by atoms with Gasteiger partial charge in [-0.05, 0) is 49.5 Å². The molecule has 118 valence electrons. The molecule has 0 bridgehead atoms. The quantitative estimate of drug-likeness (QED) is 0.825. The number of hydrogen-bond donors (Lipinski definition) is 2. The van der Waals surface area contributed by atoms with Crippen LogP contribution in [0.2, 0.25) is 0 Å². The van der Waals surface area contributed by atoms with Crippen molar-refractivity contribution >= 4 is 0 Å². The highest BCUT2D eigenvalue weighted by Crippen LogP contribution is 2.30. The molecular formula is C18H24N2O2. The predicted octanol–water partition coefficient (Wildman–Crippen LogP) is 2.93. The lowest BCUT2D eigenvalue weighted by Gasteiger charge is -2.27. The number of ether oxygens (including phenoxy) is 2. The van der Waals surface area contributed by atoms with Crippen LogP contribution in [-0.4, -0.2) is 28.3 Å². The van der Waals surface area contributed by atoms with E-state index >= 15 is 0 Å². The van der Waals surface area contributed by atoms with E-state index < -0.39 is 0 Å². The predicted molar refractivity (Wildman–Crippen MR) is 89.6 cm³/mol. The van der Waals surface area contributed by atoms with Crippen molar-refractivity contribution in [3.8, 4) is 11.5 Å². The minimum Gasteiger partial charge on any atom is -0.497 e. The van der Waals surface area contributed by atoms with Gasteiger partial charge in [-0.3, -0.25) is 0 Å². The van der Waals surface area contributed by atoms with Gasteiger partial charge in [-0.2, -0.15) is 0 Å². The summed E-state index contributed by atoms with van der Waals surface area (Å²) in [7, 11) is 7.31. The van der Waals surface area contributed by atoms with Crippen molar-refractivity contribution in [3.05, 3.63) is 59.7 Å². The zero-order valence-corrected chi connectivity index (χ0v) is 13.6. The van der Waals surface area contributed by atoms with Crippen LogP contribution in [0.5, 0.6) is 11.5 Å². The Labute approximate surface area is 132 Å². The monoisotopic (exact) mass is 300 g/mol. The van der Waals surface area contributed by atoms with Crippen LogP contribution < -0.4 is 20.1 Å². The summed E-state index contributed by atoms with van der Waals surface area (Å²) in [6.45, 7) is 0. The molecule has 0 aromatic heterocycles. The van der Waals surface area contributed by atoms with Crippen LogP contribution in [0, 0.1) is 0 Å². The number of rotatable bonds is 7. The molecule has 0 heterocycles. The van der Waals surface area contributed by atoms with Crippen molar-refractivity contribution < 1.29 is 9.47 Å². The average molecular weight is 300 g/mol. The van der Waals surface area contributed by atoms with Gasteiger partial charge in [0.05, 0.1) is 26.3 Å². The van der Waals surface area contributed by atoms with Crippen molar-refractivity contribution in [2.45, 2.75) is 12.1 Å². The molecule has 2 aromatic carbocycles. The number of benzene rings is 2. The highest BCUT2D eigenvalue weighted by molar-refractivity contribution is 5.34. The first-order chi connectivity index (χ1) is 10.7. The Morgan fingerprint density at radius 2 is 0.955 bits per heavy atom. The summed E-state index contributed by atoms with van der Waals surface area (Å²) in [4.78, 5) is 0. The number of likely N-dealkylation sites (N-methyl/N-ethyl adjacent to an activating group) is 2. The Morgan fingerprint density at radius 1 is 0.636 bits per heavy atom. The van der Waals surface area contributed by atoms with Gasteiger partial charge in [-0.25, -0.2) is 0 Å². The van der Waals surface area contributed by atoms with E-state index in [9.17, 15) is 0 Å². The SMILES string of the molecule is CN[C@H](c1ccc(OC)cc1)[C@@H](NC)c1ccc(OC)cc1. The van der Waals surface area contributed by atoms with Crippen LogP contribution in [0.15, 0.2) is 48.5 Å². The Kier molecular flexibility index (Phi) is 5.81. The maximum atomic E-state index is 5.23. The maximum absolute atomic E-state index is 5.23. The molecule has 0 radical (unpaired) electrons. The molecule has 2 N–H and O–H groups in total. The number of methoxy groups -OCH3 is 2. The topological polar surface area (TPSA) is 42.5 Å². The summed E-state index contributed by atoms with van der Waals surface area (Å²) in [6.07, 6.45) is 0. The molecule has 2 rings (SSSR count). The first-order valence-electron chi connectivity index (χ1n) is 7.36. The fourth-order valence-electron chi connectivity index (χ4n) is 2.67. The van der Waals surface area contributed by atoms with Crippen LogP contribution in [0.3, 0.4) is 0 Å². The van der Waals surface area contributed by atoms with E-state index in [2.05, 4.69) is 34.9 Å². The van der Waals surface area contributed by atoms with Crippen LogP contribution in [-0.2, 0) is 0 Å². The minimum atomic E-state index is 0.157. The molecule has 0 aliphatic carbocycles. The van der Waals surface area contributed by atoms with Gasteiger partial charge in [-0.15, -0.1) is 0 Å². The summed E-state index contributed by atoms with van der Waals surface area (Å²) in [6, 6.07) is 16.6. The van der Waals surface area contributed by atoms with E-state index in [-0.39, 0.29) is 12.1 Å². The van der Waals surface area contributed by atoms with Gasteiger partial charge in [0.15, 0.2) is 0 Å². The van der Waals surface area contributed by atoms with Crippen molar-refractivity contribution in [1.29, 1.82) is 0 Å². The second-order valence-electron chi connectivity index (χ2n) is 5.08. The molecule has 2 atom stereocenters. The lowest BCUT2D eigenvalue weighted by molar-refractivity contribution is 0.409. The largest absolute Gasteiger partial charge is 0.497 e.